The summed E-state index contributed by atoms with van der Waals surface area (Å²) < 4.78 is 40.1. The fraction of sp³-hybridized carbons (Fsp3) is 0.250. The second-order valence-electron chi connectivity index (χ2n) is 5.22. The number of pyridine rings is 1. The minimum Gasteiger partial charge on any atom is -0.366 e. The first-order chi connectivity index (χ1) is 11.1. The molecule has 4 nitrogen and oxygen atoms in total. The van der Waals surface area contributed by atoms with Gasteiger partial charge in [-0.15, -0.1) is 0 Å². The Morgan fingerprint density at radius 1 is 1.00 bits per heavy atom. The molecule has 2 heterocycles. The van der Waals surface area contributed by atoms with E-state index in [1.54, 1.807) is 28.1 Å². The first-order valence-corrected chi connectivity index (χ1v) is 7.15. The Kier molecular flexibility index (Phi) is 4.18. The number of anilines is 1. The van der Waals surface area contributed by atoms with E-state index in [0.717, 1.165) is 6.07 Å². The van der Waals surface area contributed by atoms with Crippen molar-refractivity contribution in [3.05, 3.63) is 59.7 Å². The van der Waals surface area contributed by atoms with Gasteiger partial charge in [0.2, 0.25) is 0 Å². The zero-order valence-electron chi connectivity index (χ0n) is 12.2. The van der Waals surface area contributed by atoms with Gasteiger partial charge in [0, 0.05) is 38.6 Å². The standard InChI is InChI=1S/C16H14F3N3O/c17-12-3-4-13(15(19)14(12)18)21-6-8-22(9-7-21)16(23)11-2-1-5-20-10-11/h1-5,10H,6-9H2. The average molecular weight is 321 g/mol. The molecule has 1 aliphatic heterocycles. The number of hydrogen-bond acceptors (Lipinski definition) is 3. The molecule has 1 aromatic heterocycles. The van der Waals surface area contributed by atoms with E-state index in [4.69, 9.17) is 0 Å². The minimum absolute atomic E-state index is 0.0115. The minimum atomic E-state index is -1.48. The van der Waals surface area contributed by atoms with Gasteiger partial charge in [0.1, 0.15) is 0 Å². The van der Waals surface area contributed by atoms with Gasteiger partial charge >= 0.3 is 0 Å². The second kappa shape index (κ2) is 6.28. The van der Waals surface area contributed by atoms with Gasteiger partial charge < -0.3 is 9.80 Å². The summed E-state index contributed by atoms with van der Waals surface area (Å²) in [5.74, 6) is -4.03. The topological polar surface area (TPSA) is 36.4 Å². The molecule has 0 spiro atoms. The lowest BCUT2D eigenvalue weighted by atomic mass is 10.2. The van der Waals surface area contributed by atoms with Crippen LogP contribution in [-0.4, -0.2) is 42.0 Å². The van der Waals surface area contributed by atoms with E-state index >= 15 is 0 Å². The maximum atomic E-state index is 13.8. The van der Waals surface area contributed by atoms with Crippen LogP contribution in [0, 0.1) is 17.5 Å². The summed E-state index contributed by atoms with van der Waals surface area (Å²) in [6, 6.07) is 5.48. The largest absolute Gasteiger partial charge is 0.366 e. The Hall–Kier alpha value is -2.57. The summed E-state index contributed by atoms with van der Waals surface area (Å²) in [7, 11) is 0. The molecule has 1 aliphatic rings. The first-order valence-electron chi connectivity index (χ1n) is 7.15. The van der Waals surface area contributed by atoms with Crippen LogP contribution >= 0.6 is 0 Å². The van der Waals surface area contributed by atoms with Crippen LogP contribution in [0.15, 0.2) is 36.7 Å². The van der Waals surface area contributed by atoms with E-state index in [1.165, 1.54) is 12.3 Å². The van der Waals surface area contributed by atoms with Gasteiger partial charge in [0.25, 0.3) is 5.91 Å². The van der Waals surface area contributed by atoms with Crippen molar-refractivity contribution in [3.63, 3.8) is 0 Å². The van der Waals surface area contributed by atoms with E-state index in [0.29, 0.717) is 31.7 Å². The number of nitrogens with zero attached hydrogens (tertiary/aromatic N) is 3. The molecule has 23 heavy (non-hydrogen) atoms. The van der Waals surface area contributed by atoms with E-state index < -0.39 is 17.5 Å². The number of halogens is 3. The van der Waals surface area contributed by atoms with Crippen molar-refractivity contribution in [1.82, 2.24) is 9.88 Å². The molecule has 1 aromatic carbocycles. The fourth-order valence-corrected chi connectivity index (χ4v) is 2.58. The molecule has 1 amide bonds. The van der Waals surface area contributed by atoms with Crippen LogP contribution in [0.3, 0.4) is 0 Å². The average Bonchev–Trinajstić information content (AvgIpc) is 2.60. The molecule has 0 radical (unpaired) electrons. The summed E-state index contributed by atoms with van der Waals surface area (Å²) in [5.41, 5.74) is 0.498. The van der Waals surface area contributed by atoms with Crippen LogP contribution in [0.25, 0.3) is 0 Å². The van der Waals surface area contributed by atoms with Gasteiger partial charge in [-0.3, -0.25) is 9.78 Å². The zero-order valence-corrected chi connectivity index (χ0v) is 12.2. The zero-order chi connectivity index (χ0) is 16.4. The first kappa shape index (κ1) is 15.3. The van der Waals surface area contributed by atoms with E-state index in [9.17, 15) is 18.0 Å². The monoisotopic (exact) mass is 321 g/mol. The third-order valence-electron chi connectivity index (χ3n) is 3.83. The maximum Gasteiger partial charge on any atom is 0.255 e. The Bertz CT molecular complexity index is 716. The molecule has 7 heteroatoms. The molecular formula is C16H14F3N3O. The van der Waals surface area contributed by atoms with Crippen molar-refractivity contribution >= 4 is 11.6 Å². The smallest absolute Gasteiger partial charge is 0.255 e. The highest BCUT2D eigenvalue weighted by atomic mass is 19.2. The van der Waals surface area contributed by atoms with Gasteiger partial charge in [0.05, 0.1) is 11.3 Å². The molecule has 0 bridgehead atoms. The molecule has 0 unspecified atom stereocenters. The number of hydrogen-bond donors (Lipinski definition) is 0. The number of piperazine rings is 1. The van der Waals surface area contributed by atoms with Gasteiger partial charge in [0.15, 0.2) is 17.5 Å². The lowest BCUT2D eigenvalue weighted by molar-refractivity contribution is 0.0746. The van der Waals surface area contributed by atoms with Crippen molar-refractivity contribution in [2.45, 2.75) is 0 Å². The Morgan fingerprint density at radius 2 is 1.74 bits per heavy atom. The maximum absolute atomic E-state index is 13.8. The van der Waals surface area contributed by atoms with Crippen LogP contribution < -0.4 is 4.90 Å². The highest BCUT2D eigenvalue weighted by molar-refractivity contribution is 5.94. The predicted octanol–water partition coefficient (Wildman–Crippen LogP) is 2.46. The number of amides is 1. The molecule has 3 rings (SSSR count). The van der Waals surface area contributed by atoms with Crippen molar-refractivity contribution < 1.29 is 18.0 Å². The SMILES string of the molecule is O=C(c1cccnc1)N1CCN(c2ccc(F)c(F)c2F)CC1. The van der Waals surface area contributed by atoms with Gasteiger partial charge in [-0.05, 0) is 24.3 Å². The number of carbonyl (C=O) groups is 1. The molecule has 0 N–H and O–H groups in total. The number of aromatic nitrogens is 1. The number of carbonyl (C=O) groups excluding carboxylic acids is 1. The number of rotatable bonds is 2. The van der Waals surface area contributed by atoms with Gasteiger partial charge in [-0.25, -0.2) is 13.2 Å². The fourth-order valence-electron chi connectivity index (χ4n) is 2.58. The van der Waals surface area contributed by atoms with E-state index in [-0.39, 0.29) is 11.6 Å². The van der Waals surface area contributed by atoms with Crippen LogP contribution in [0.1, 0.15) is 10.4 Å². The normalized spacial score (nSPS) is 14.9. The molecular weight excluding hydrogens is 307 g/mol. The highest BCUT2D eigenvalue weighted by Crippen LogP contribution is 2.24. The summed E-state index contributed by atoms with van der Waals surface area (Å²) >= 11 is 0. The van der Waals surface area contributed by atoms with E-state index in [2.05, 4.69) is 4.98 Å². The molecule has 1 saturated heterocycles. The Labute approximate surface area is 131 Å². The lowest BCUT2D eigenvalue weighted by Crippen LogP contribution is -2.49. The van der Waals surface area contributed by atoms with Gasteiger partial charge in [-0.2, -0.15) is 0 Å². The van der Waals surface area contributed by atoms with E-state index in [1.807, 2.05) is 0 Å². The Morgan fingerprint density at radius 3 is 2.39 bits per heavy atom. The quantitative estimate of drug-likeness (QED) is 0.797. The highest BCUT2D eigenvalue weighted by Gasteiger charge is 2.25. The third kappa shape index (κ3) is 2.99. The van der Waals surface area contributed by atoms with Crippen molar-refractivity contribution in [2.75, 3.05) is 31.1 Å². The molecule has 0 atom stereocenters. The summed E-state index contributed by atoms with van der Waals surface area (Å²) in [4.78, 5) is 19.4. The van der Waals surface area contributed by atoms with Crippen LogP contribution in [0.5, 0.6) is 0 Å². The predicted molar refractivity (Wildman–Crippen MR) is 78.7 cm³/mol. The molecule has 120 valence electrons. The van der Waals surface area contributed by atoms with Gasteiger partial charge in [-0.1, -0.05) is 0 Å². The van der Waals surface area contributed by atoms with Crippen molar-refractivity contribution in [1.29, 1.82) is 0 Å². The summed E-state index contributed by atoms with van der Waals surface area (Å²) in [6.45, 7) is 1.42. The van der Waals surface area contributed by atoms with Crippen LogP contribution in [0.4, 0.5) is 18.9 Å². The third-order valence-corrected chi connectivity index (χ3v) is 3.83. The Balaban J connectivity index is 1.69. The molecule has 0 aliphatic carbocycles. The molecule has 1 fully saturated rings. The van der Waals surface area contributed by atoms with Crippen molar-refractivity contribution in [2.24, 2.45) is 0 Å². The number of benzene rings is 1. The van der Waals surface area contributed by atoms with Crippen molar-refractivity contribution in [3.8, 4) is 0 Å². The summed E-state index contributed by atoms with van der Waals surface area (Å²) in [5, 5.41) is 0. The lowest BCUT2D eigenvalue weighted by Gasteiger charge is -2.36. The molecule has 2 aromatic rings. The van der Waals surface area contributed by atoms with Crippen LogP contribution in [0.2, 0.25) is 0 Å². The molecule has 0 saturated carbocycles. The summed E-state index contributed by atoms with van der Waals surface area (Å²) in [6.07, 6.45) is 3.07. The van der Waals surface area contributed by atoms with Crippen LogP contribution in [-0.2, 0) is 0 Å². The second-order valence-corrected chi connectivity index (χ2v) is 5.22.